The minimum atomic E-state index is 1.09. The number of rotatable bonds is 3. The van der Waals surface area contributed by atoms with Gasteiger partial charge in [-0.15, -0.1) is 0 Å². The van der Waals surface area contributed by atoms with Crippen LogP contribution in [0.25, 0.3) is 21.8 Å². The largest absolute Gasteiger partial charge is 0.248 e. The lowest BCUT2D eigenvalue weighted by Gasteiger charge is -2.07. The molecule has 0 N–H and O–H groups in total. The molecule has 0 radical (unpaired) electrons. The highest BCUT2D eigenvalue weighted by atomic mass is 14.7. The summed E-state index contributed by atoms with van der Waals surface area (Å²) in [7, 11) is 0. The predicted octanol–water partition coefficient (Wildman–Crippen LogP) is 4.73. The van der Waals surface area contributed by atoms with E-state index in [9.17, 15) is 0 Å². The summed E-state index contributed by atoms with van der Waals surface area (Å²) in [6.07, 6.45) is 3.58. The number of unbranched alkanes of at least 4 members (excludes halogenated alkanes) is 1. The lowest BCUT2D eigenvalue weighted by molar-refractivity contribution is 0.798. The van der Waals surface area contributed by atoms with E-state index in [4.69, 9.17) is 4.98 Å². The Kier molecular flexibility index (Phi) is 2.97. The van der Waals surface area contributed by atoms with Gasteiger partial charge in [-0.1, -0.05) is 49.7 Å². The van der Waals surface area contributed by atoms with Crippen LogP contribution in [-0.2, 0) is 6.42 Å². The first-order chi connectivity index (χ1) is 8.88. The third-order valence-electron chi connectivity index (χ3n) is 3.43. The van der Waals surface area contributed by atoms with Gasteiger partial charge in [0.05, 0.1) is 11.0 Å². The molecule has 0 unspecified atom stereocenters. The summed E-state index contributed by atoms with van der Waals surface area (Å²) in [5.74, 6) is 0. The molecule has 0 saturated carbocycles. The molecule has 0 amide bonds. The van der Waals surface area contributed by atoms with Gasteiger partial charge >= 0.3 is 0 Å². The Morgan fingerprint density at radius 3 is 2.67 bits per heavy atom. The van der Waals surface area contributed by atoms with Crippen LogP contribution in [0.4, 0.5) is 0 Å². The molecule has 1 aromatic heterocycles. The van der Waals surface area contributed by atoms with Gasteiger partial charge in [-0.3, -0.25) is 0 Å². The number of nitrogens with zero attached hydrogens (tertiary/aromatic N) is 1. The van der Waals surface area contributed by atoms with Gasteiger partial charge in [0.15, 0.2) is 0 Å². The van der Waals surface area contributed by atoms with Gasteiger partial charge in [0.2, 0.25) is 0 Å². The maximum absolute atomic E-state index is 4.83. The molecule has 90 valence electrons. The van der Waals surface area contributed by atoms with Gasteiger partial charge in [0, 0.05) is 10.8 Å². The van der Waals surface area contributed by atoms with Crippen LogP contribution in [0.1, 0.15) is 25.3 Å². The maximum atomic E-state index is 4.83. The second kappa shape index (κ2) is 4.77. The van der Waals surface area contributed by atoms with Crippen LogP contribution >= 0.6 is 0 Å². The van der Waals surface area contributed by atoms with Crippen LogP contribution in [-0.4, -0.2) is 4.98 Å². The number of hydrogen-bond donors (Lipinski definition) is 0. The van der Waals surface area contributed by atoms with Crippen molar-refractivity contribution in [1.82, 2.24) is 4.98 Å². The van der Waals surface area contributed by atoms with Gasteiger partial charge in [-0.2, -0.15) is 0 Å². The zero-order valence-electron chi connectivity index (χ0n) is 10.7. The zero-order valence-corrected chi connectivity index (χ0v) is 10.7. The summed E-state index contributed by atoms with van der Waals surface area (Å²) >= 11 is 0. The van der Waals surface area contributed by atoms with E-state index >= 15 is 0 Å². The highest BCUT2D eigenvalue weighted by Crippen LogP contribution is 2.23. The molecule has 1 nitrogen and oxygen atoms in total. The summed E-state index contributed by atoms with van der Waals surface area (Å²) in [6, 6.07) is 17.1. The zero-order chi connectivity index (χ0) is 12.4. The van der Waals surface area contributed by atoms with Crippen molar-refractivity contribution in [2.24, 2.45) is 0 Å². The third kappa shape index (κ3) is 1.97. The van der Waals surface area contributed by atoms with E-state index in [1.54, 1.807) is 0 Å². The number of hydrogen-bond acceptors (Lipinski definition) is 1. The minimum absolute atomic E-state index is 1.09. The van der Waals surface area contributed by atoms with E-state index in [0.717, 1.165) is 11.9 Å². The average molecular weight is 235 g/mol. The fraction of sp³-hybridized carbons (Fsp3) is 0.235. The van der Waals surface area contributed by atoms with Gasteiger partial charge in [0.1, 0.15) is 0 Å². The van der Waals surface area contributed by atoms with Crippen molar-refractivity contribution in [3.05, 3.63) is 54.1 Å². The van der Waals surface area contributed by atoms with E-state index in [0.29, 0.717) is 0 Å². The van der Waals surface area contributed by atoms with Crippen molar-refractivity contribution < 1.29 is 0 Å². The number of benzene rings is 2. The summed E-state index contributed by atoms with van der Waals surface area (Å²) in [4.78, 5) is 4.83. The van der Waals surface area contributed by atoms with E-state index in [-0.39, 0.29) is 0 Å². The molecule has 1 heterocycles. The van der Waals surface area contributed by atoms with E-state index in [2.05, 4.69) is 55.5 Å². The first kappa shape index (κ1) is 11.2. The summed E-state index contributed by atoms with van der Waals surface area (Å²) in [6.45, 7) is 2.23. The van der Waals surface area contributed by atoms with Crippen molar-refractivity contribution in [3.63, 3.8) is 0 Å². The molecule has 3 rings (SSSR count). The quantitative estimate of drug-likeness (QED) is 0.598. The van der Waals surface area contributed by atoms with Crippen LogP contribution in [0.5, 0.6) is 0 Å². The molecule has 0 atom stereocenters. The Balaban J connectivity index is 2.22. The summed E-state index contributed by atoms with van der Waals surface area (Å²) in [5, 5.41) is 2.47. The molecule has 0 spiro atoms. The highest BCUT2D eigenvalue weighted by Gasteiger charge is 2.04. The molecule has 18 heavy (non-hydrogen) atoms. The molecule has 0 fully saturated rings. The van der Waals surface area contributed by atoms with E-state index in [1.165, 1.54) is 34.7 Å². The Bertz CT molecular complexity index is 685. The molecule has 0 bridgehead atoms. The van der Waals surface area contributed by atoms with Crippen LogP contribution < -0.4 is 0 Å². The van der Waals surface area contributed by atoms with Gasteiger partial charge in [-0.25, -0.2) is 4.98 Å². The van der Waals surface area contributed by atoms with Crippen LogP contribution in [0.2, 0.25) is 0 Å². The first-order valence-corrected chi connectivity index (χ1v) is 6.66. The van der Waals surface area contributed by atoms with Crippen molar-refractivity contribution in [1.29, 1.82) is 0 Å². The lowest BCUT2D eigenvalue weighted by atomic mass is 10.0. The summed E-state index contributed by atoms with van der Waals surface area (Å²) in [5.41, 5.74) is 3.64. The number of fused-ring (bicyclic) bond motifs is 2. The molecular formula is C17H17N. The topological polar surface area (TPSA) is 12.9 Å². The normalized spacial score (nSPS) is 11.2. The van der Waals surface area contributed by atoms with Gasteiger partial charge in [0.25, 0.3) is 0 Å². The smallest absolute Gasteiger partial charge is 0.0741 e. The molecule has 2 aromatic carbocycles. The third-order valence-corrected chi connectivity index (χ3v) is 3.43. The summed E-state index contributed by atoms with van der Waals surface area (Å²) < 4.78 is 0. The fourth-order valence-corrected chi connectivity index (χ4v) is 2.43. The molecule has 0 aliphatic carbocycles. The lowest BCUT2D eigenvalue weighted by Crippen LogP contribution is -1.90. The van der Waals surface area contributed by atoms with E-state index < -0.39 is 0 Å². The Morgan fingerprint density at radius 1 is 0.944 bits per heavy atom. The van der Waals surface area contributed by atoms with Gasteiger partial charge < -0.3 is 0 Å². The standard InChI is InChI=1S/C17H17N/c1-2-3-7-13-9-6-10-15-12-14-8-4-5-11-16(14)18-17(13)15/h4-6,8-12H,2-3,7H2,1H3. The Hall–Kier alpha value is -1.89. The van der Waals surface area contributed by atoms with Crippen molar-refractivity contribution in [3.8, 4) is 0 Å². The maximum Gasteiger partial charge on any atom is 0.0741 e. The first-order valence-electron chi connectivity index (χ1n) is 6.66. The second-order valence-electron chi connectivity index (χ2n) is 4.77. The minimum Gasteiger partial charge on any atom is -0.248 e. The predicted molar refractivity (Wildman–Crippen MR) is 77.9 cm³/mol. The molecule has 0 aliphatic rings. The molecule has 0 saturated heterocycles. The van der Waals surface area contributed by atoms with Gasteiger partial charge in [-0.05, 0) is 30.5 Å². The van der Waals surface area contributed by atoms with Crippen LogP contribution in [0.15, 0.2) is 48.5 Å². The fourth-order valence-electron chi connectivity index (χ4n) is 2.43. The molecule has 3 aromatic rings. The monoisotopic (exact) mass is 235 g/mol. The van der Waals surface area contributed by atoms with Crippen molar-refractivity contribution in [2.45, 2.75) is 26.2 Å². The number of aryl methyl sites for hydroxylation is 1. The van der Waals surface area contributed by atoms with Crippen molar-refractivity contribution >= 4 is 21.8 Å². The van der Waals surface area contributed by atoms with E-state index in [1.807, 2.05) is 0 Å². The van der Waals surface area contributed by atoms with Crippen LogP contribution in [0.3, 0.4) is 0 Å². The SMILES string of the molecule is CCCCc1cccc2cc3ccccc3nc12. The Labute approximate surface area is 107 Å². The molecule has 0 aliphatic heterocycles. The Morgan fingerprint density at radius 2 is 1.78 bits per heavy atom. The molecular weight excluding hydrogens is 218 g/mol. The van der Waals surface area contributed by atoms with Crippen LogP contribution in [0, 0.1) is 0 Å². The second-order valence-corrected chi connectivity index (χ2v) is 4.77. The average Bonchev–Trinajstić information content (AvgIpc) is 2.43. The number of pyridine rings is 1. The van der Waals surface area contributed by atoms with Crippen molar-refractivity contribution in [2.75, 3.05) is 0 Å². The number of para-hydroxylation sites is 2. The highest BCUT2D eigenvalue weighted by molar-refractivity contribution is 5.93. The molecule has 1 heteroatoms. The number of aromatic nitrogens is 1.